The van der Waals surface area contributed by atoms with Crippen LogP contribution < -0.4 is 0 Å². The molecular weight excluding hydrogens is 346 g/mol. The average Bonchev–Trinajstić information content (AvgIpc) is 2.86. The molecule has 3 aromatic rings. The smallest absolute Gasteiger partial charge is 0.343 e. The molecule has 0 aliphatic carbocycles. The van der Waals surface area contributed by atoms with Gasteiger partial charge in [0, 0.05) is 27.2 Å². The quantitative estimate of drug-likeness (QED) is 0.505. The molecule has 0 saturated heterocycles. The van der Waals surface area contributed by atoms with Crippen LogP contribution in [0.2, 0.25) is 10.0 Å². The summed E-state index contributed by atoms with van der Waals surface area (Å²) in [5.41, 5.74) is 1.40. The van der Waals surface area contributed by atoms with E-state index in [9.17, 15) is 13.2 Å². The normalized spacial score (nSPS) is 12.1. The van der Waals surface area contributed by atoms with Gasteiger partial charge in [0.1, 0.15) is 0 Å². The Morgan fingerprint density at radius 3 is 2.30 bits per heavy atom. The van der Waals surface area contributed by atoms with Crippen LogP contribution in [0.15, 0.2) is 42.6 Å². The second-order valence-electron chi connectivity index (χ2n) is 5.37. The van der Waals surface area contributed by atoms with Gasteiger partial charge in [-0.25, -0.2) is 0 Å². The van der Waals surface area contributed by atoms with Gasteiger partial charge < -0.3 is 4.57 Å². The van der Waals surface area contributed by atoms with Gasteiger partial charge in [-0.15, -0.1) is 0 Å². The number of benzene rings is 2. The number of hydrogen-bond acceptors (Lipinski definition) is 0. The Kier molecular flexibility index (Phi) is 4.07. The van der Waals surface area contributed by atoms with Gasteiger partial charge in [0.15, 0.2) is 0 Å². The van der Waals surface area contributed by atoms with Crippen molar-refractivity contribution < 1.29 is 13.2 Å². The van der Waals surface area contributed by atoms with Crippen molar-refractivity contribution in [1.82, 2.24) is 4.57 Å². The van der Waals surface area contributed by atoms with Crippen molar-refractivity contribution in [3.63, 3.8) is 0 Å². The molecule has 0 aliphatic rings. The minimum absolute atomic E-state index is 0.397. The second-order valence-corrected chi connectivity index (χ2v) is 6.19. The van der Waals surface area contributed by atoms with E-state index in [4.69, 9.17) is 23.2 Å². The summed E-state index contributed by atoms with van der Waals surface area (Å²) in [5, 5.41) is 1.60. The highest BCUT2D eigenvalue weighted by Crippen LogP contribution is 2.34. The number of fused-ring (bicyclic) bond motifs is 1. The fraction of sp³-hybridized carbons (Fsp3) is 0.176. The Labute approximate surface area is 141 Å². The molecule has 6 heteroatoms. The Morgan fingerprint density at radius 1 is 1.04 bits per heavy atom. The molecule has 0 fully saturated rings. The zero-order valence-electron chi connectivity index (χ0n) is 12.1. The van der Waals surface area contributed by atoms with Crippen molar-refractivity contribution in [2.75, 3.05) is 0 Å². The third-order valence-corrected chi connectivity index (χ3v) is 4.48. The molecule has 0 amide bonds. The van der Waals surface area contributed by atoms with Crippen LogP contribution in [-0.2, 0) is 12.7 Å². The summed E-state index contributed by atoms with van der Waals surface area (Å²) in [5.74, 6) is 0. The van der Waals surface area contributed by atoms with Gasteiger partial charge in [-0.3, -0.25) is 0 Å². The summed E-state index contributed by atoms with van der Waals surface area (Å²) in [6, 6.07) is 9.22. The maximum absolute atomic E-state index is 12.9. The Hall–Kier alpha value is -1.65. The summed E-state index contributed by atoms with van der Waals surface area (Å²) in [4.78, 5) is 0. The zero-order chi connectivity index (χ0) is 16.8. The van der Waals surface area contributed by atoms with Crippen LogP contribution in [0.5, 0.6) is 0 Å². The lowest BCUT2D eigenvalue weighted by Crippen LogP contribution is -2.06. The van der Waals surface area contributed by atoms with Gasteiger partial charge in [0.05, 0.1) is 17.6 Å². The van der Waals surface area contributed by atoms with E-state index < -0.39 is 11.7 Å². The predicted molar refractivity (Wildman–Crippen MR) is 87.2 cm³/mol. The van der Waals surface area contributed by atoms with Crippen molar-refractivity contribution >= 4 is 34.1 Å². The first-order chi connectivity index (χ1) is 10.8. The highest BCUT2D eigenvalue weighted by atomic mass is 35.5. The number of aryl methyl sites for hydroxylation is 1. The third-order valence-electron chi connectivity index (χ3n) is 3.77. The van der Waals surface area contributed by atoms with E-state index in [0.717, 1.165) is 23.2 Å². The van der Waals surface area contributed by atoms with Crippen LogP contribution in [0.3, 0.4) is 0 Å². The molecule has 0 bridgehead atoms. The molecule has 1 heterocycles. The Bertz CT molecular complexity index is 861. The summed E-state index contributed by atoms with van der Waals surface area (Å²) in [6.07, 6.45) is -2.61. The standard InChI is InChI=1S/C17H12Cl2F3N/c1-10-7-12(17(20,21)22)8-11-5-6-23(16(10)11)9-13-14(18)3-2-4-15(13)19/h2-8H,9H2,1H3. The topological polar surface area (TPSA) is 4.93 Å². The first-order valence-electron chi connectivity index (χ1n) is 6.87. The van der Waals surface area contributed by atoms with Gasteiger partial charge in [0.25, 0.3) is 0 Å². The lowest BCUT2D eigenvalue weighted by Gasteiger charge is -2.13. The third kappa shape index (κ3) is 3.06. The number of halogens is 5. The number of hydrogen-bond donors (Lipinski definition) is 0. The van der Waals surface area contributed by atoms with Crippen LogP contribution in [0.4, 0.5) is 13.2 Å². The molecule has 3 rings (SSSR count). The summed E-state index contributed by atoms with van der Waals surface area (Å²) in [6.45, 7) is 2.07. The monoisotopic (exact) mass is 357 g/mol. The average molecular weight is 358 g/mol. The zero-order valence-corrected chi connectivity index (χ0v) is 13.6. The molecule has 1 nitrogen and oxygen atoms in total. The van der Waals surface area contributed by atoms with Crippen LogP contribution in [0, 0.1) is 6.92 Å². The molecule has 23 heavy (non-hydrogen) atoms. The van der Waals surface area contributed by atoms with Gasteiger partial charge in [0.2, 0.25) is 0 Å². The maximum Gasteiger partial charge on any atom is 0.416 e. The van der Waals surface area contributed by atoms with Crippen molar-refractivity contribution in [2.24, 2.45) is 0 Å². The second kappa shape index (κ2) is 5.77. The fourth-order valence-electron chi connectivity index (χ4n) is 2.72. The first kappa shape index (κ1) is 16.2. The Balaban J connectivity index is 2.10. The van der Waals surface area contributed by atoms with Gasteiger partial charge in [-0.1, -0.05) is 29.3 Å². The van der Waals surface area contributed by atoms with E-state index in [-0.39, 0.29) is 0 Å². The van der Waals surface area contributed by atoms with E-state index in [0.29, 0.717) is 27.5 Å². The lowest BCUT2D eigenvalue weighted by molar-refractivity contribution is -0.137. The summed E-state index contributed by atoms with van der Waals surface area (Å²) >= 11 is 12.4. The predicted octanol–water partition coefficient (Wildman–Crippen LogP) is 6.32. The summed E-state index contributed by atoms with van der Waals surface area (Å²) < 4.78 is 40.6. The van der Waals surface area contributed by atoms with Crippen LogP contribution in [0.25, 0.3) is 10.9 Å². The number of alkyl halides is 3. The van der Waals surface area contributed by atoms with E-state index >= 15 is 0 Å². The van der Waals surface area contributed by atoms with Crippen molar-refractivity contribution in [3.05, 3.63) is 69.3 Å². The van der Waals surface area contributed by atoms with Gasteiger partial charge >= 0.3 is 6.18 Å². The van der Waals surface area contributed by atoms with E-state index in [1.165, 1.54) is 0 Å². The molecule has 0 spiro atoms. The Morgan fingerprint density at radius 2 is 1.70 bits per heavy atom. The van der Waals surface area contributed by atoms with Gasteiger partial charge in [-0.05, 0) is 42.8 Å². The van der Waals surface area contributed by atoms with Crippen LogP contribution >= 0.6 is 23.2 Å². The molecule has 0 atom stereocenters. The molecule has 0 unspecified atom stereocenters. The SMILES string of the molecule is Cc1cc(C(F)(F)F)cc2ccn(Cc3c(Cl)cccc3Cl)c12. The molecule has 0 N–H and O–H groups in total. The largest absolute Gasteiger partial charge is 0.416 e. The fourth-order valence-corrected chi connectivity index (χ4v) is 3.24. The van der Waals surface area contributed by atoms with E-state index in [1.807, 2.05) is 4.57 Å². The van der Waals surface area contributed by atoms with Crippen molar-refractivity contribution in [1.29, 1.82) is 0 Å². The number of nitrogens with zero attached hydrogens (tertiary/aromatic N) is 1. The number of aromatic nitrogens is 1. The first-order valence-corrected chi connectivity index (χ1v) is 7.62. The minimum Gasteiger partial charge on any atom is -0.343 e. The van der Waals surface area contributed by atoms with E-state index in [2.05, 4.69) is 0 Å². The van der Waals surface area contributed by atoms with Crippen LogP contribution in [0.1, 0.15) is 16.7 Å². The molecule has 0 aliphatic heterocycles. The van der Waals surface area contributed by atoms with Gasteiger partial charge in [-0.2, -0.15) is 13.2 Å². The van der Waals surface area contributed by atoms with Crippen LogP contribution in [-0.4, -0.2) is 4.57 Å². The summed E-state index contributed by atoms with van der Waals surface area (Å²) in [7, 11) is 0. The number of rotatable bonds is 2. The maximum atomic E-state index is 12.9. The highest BCUT2D eigenvalue weighted by molar-refractivity contribution is 6.36. The van der Waals surface area contributed by atoms with Crippen molar-refractivity contribution in [3.8, 4) is 0 Å². The van der Waals surface area contributed by atoms with E-state index in [1.54, 1.807) is 37.4 Å². The molecule has 0 radical (unpaired) electrons. The molecule has 1 aromatic heterocycles. The molecule has 0 saturated carbocycles. The minimum atomic E-state index is -4.35. The molecule has 2 aromatic carbocycles. The lowest BCUT2D eigenvalue weighted by atomic mass is 10.1. The molecule has 120 valence electrons. The van der Waals surface area contributed by atoms with Crippen molar-refractivity contribution in [2.45, 2.75) is 19.6 Å². The highest BCUT2D eigenvalue weighted by Gasteiger charge is 2.31. The molecular formula is C17H12Cl2F3N.